The molecule has 0 bridgehead atoms. The third-order valence-electron chi connectivity index (χ3n) is 4.75. The zero-order valence-electron chi connectivity index (χ0n) is 18.1. The van der Waals surface area contributed by atoms with Gasteiger partial charge in [-0.05, 0) is 60.2 Å². The Morgan fingerprint density at radius 3 is 2.06 bits per heavy atom. The van der Waals surface area contributed by atoms with Crippen molar-refractivity contribution in [2.75, 3.05) is 17.7 Å². The molecule has 0 aliphatic carbocycles. The van der Waals surface area contributed by atoms with Crippen molar-refractivity contribution in [2.24, 2.45) is 4.99 Å². The van der Waals surface area contributed by atoms with Crippen molar-refractivity contribution in [3.8, 4) is 0 Å². The van der Waals surface area contributed by atoms with Gasteiger partial charge in [0.2, 0.25) is 0 Å². The van der Waals surface area contributed by atoms with E-state index in [9.17, 15) is 26.4 Å². The number of hydrogen-bond donors (Lipinski definition) is 3. The summed E-state index contributed by atoms with van der Waals surface area (Å²) in [6.45, 7) is 0. The van der Waals surface area contributed by atoms with Crippen molar-refractivity contribution >= 4 is 51.0 Å². The van der Waals surface area contributed by atoms with Crippen LogP contribution in [0.2, 0.25) is 5.02 Å². The molecule has 11 heteroatoms. The number of aliphatic imine (C=N–C) groups is 1. The summed E-state index contributed by atoms with van der Waals surface area (Å²) in [6, 6.07) is 18.1. The number of hydrogen-bond acceptors (Lipinski definition) is 5. The molecular weight excluding hydrogens is 503 g/mol. The normalized spacial score (nSPS) is 12.5. The summed E-state index contributed by atoms with van der Waals surface area (Å²) in [5.41, 5.74) is 0.348. The van der Waals surface area contributed by atoms with Gasteiger partial charge in [0, 0.05) is 24.0 Å². The molecule has 0 saturated carbocycles. The van der Waals surface area contributed by atoms with Gasteiger partial charge in [-0.1, -0.05) is 35.9 Å². The summed E-state index contributed by atoms with van der Waals surface area (Å²) in [5.74, 6) is -0.480. The number of para-hydroxylation sites is 1. The molecule has 1 amide bonds. The first kappa shape index (κ1) is 26.0. The van der Waals surface area contributed by atoms with Gasteiger partial charge in [0.25, 0.3) is 5.91 Å². The Bertz CT molecular complexity index is 1340. The Balaban J connectivity index is 1.88. The Morgan fingerprint density at radius 2 is 1.51 bits per heavy atom. The number of alkyl halides is 3. The minimum Gasteiger partial charge on any atom is -0.354 e. The van der Waals surface area contributed by atoms with Crippen LogP contribution in [0.5, 0.6) is 0 Å². The fourth-order valence-corrected chi connectivity index (χ4v) is 3.56. The molecule has 2 N–H and O–H groups in total. The van der Waals surface area contributed by atoms with Crippen molar-refractivity contribution in [3.63, 3.8) is 0 Å². The van der Waals surface area contributed by atoms with Crippen LogP contribution in [0.3, 0.4) is 0 Å². The van der Waals surface area contributed by atoms with Crippen molar-refractivity contribution in [1.29, 1.82) is 0 Å². The number of nitrogens with one attached hydrogen (secondary N) is 2. The molecule has 0 unspecified atom stereocenters. The summed E-state index contributed by atoms with van der Waals surface area (Å²) in [7, 11) is -1.69. The molecule has 35 heavy (non-hydrogen) atoms. The molecule has 0 saturated heterocycles. The first-order chi connectivity index (χ1) is 16.6. The smallest absolute Gasteiger partial charge is 0.354 e. The number of amides is 1. The number of allylic oxidation sites excluding steroid dienone is 1. The van der Waals surface area contributed by atoms with Crippen molar-refractivity contribution < 1.29 is 26.4 Å². The van der Waals surface area contributed by atoms with Crippen molar-refractivity contribution in [1.82, 2.24) is 0 Å². The summed E-state index contributed by atoms with van der Waals surface area (Å²) in [6.07, 6.45) is -3.81. The highest BCUT2D eigenvalue weighted by atomic mass is 35.5. The maximum Gasteiger partial charge on any atom is 0.432 e. The largest absolute Gasteiger partial charge is 0.432 e. The molecule has 0 radical (unpaired) electrons. The lowest BCUT2D eigenvalue weighted by Crippen LogP contribution is -2.22. The van der Waals surface area contributed by atoms with Gasteiger partial charge in [0.05, 0.1) is 15.6 Å². The summed E-state index contributed by atoms with van der Waals surface area (Å²) in [5, 5.41) is 5.84. The fraction of sp³-hybridized carbons (Fsp3) is 0.0833. The standard InChI is InChI=1S/C24H19ClF3N3O3S/c1-29-22(24(26,27)28)14-21(31-20-5-3-2-4-19(20)25)15-6-8-16(9-7-15)23(32)30-17-10-12-18(13-11-17)35(33)34/h2-14,31,35H,1H3,(H,30,32)/b21-14-,29-22+. The van der Waals surface area contributed by atoms with E-state index in [1.54, 1.807) is 24.3 Å². The lowest BCUT2D eigenvalue weighted by Gasteiger charge is -2.15. The Kier molecular flexibility index (Phi) is 8.31. The molecule has 0 heterocycles. The van der Waals surface area contributed by atoms with E-state index in [1.807, 2.05) is 0 Å². The molecule has 0 fully saturated rings. The third-order valence-corrected chi connectivity index (χ3v) is 5.80. The van der Waals surface area contributed by atoms with Gasteiger partial charge < -0.3 is 10.6 Å². The molecule has 3 aromatic rings. The van der Waals surface area contributed by atoms with Crippen LogP contribution in [0.25, 0.3) is 5.70 Å². The number of thiol groups is 1. The van der Waals surface area contributed by atoms with E-state index in [0.717, 1.165) is 13.1 Å². The maximum absolute atomic E-state index is 13.3. The highest BCUT2D eigenvalue weighted by Crippen LogP contribution is 2.28. The van der Waals surface area contributed by atoms with Gasteiger partial charge in [-0.2, -0.15) is 13.2 Å². The van der Waals surface area contributed by atoms with Crippen LogP contribution >= 0.6 is 11.6 Å². The summed E-state index contributed by atoms with van der Waals surface area (Å²) < 4.78 is 62.0. The summed E-state index contributed by atoms with van der Waals surface area (Å²) >= 11 is 6.16. The van der Waals surface area contributed by atoms with Crippen LogP contribution < -0.4 is 10.6 Å². The predicted octanol–water partition coefficient (Wildman–Crippen LogP) is 5.65. The Labute approximate surface area is 206 Å². The van der Waals surface area contributed by atoms with Gasteiger partial charge in [-0.25, -0.2) is 8.42 Å². The topological polar surface area (TPSA) is 87.6 Å². The first-order valence-electron chi connectivity index (χ1n) is 10.0. The zero-order chi connectivity index (χ0) is 25.6. The minimum atomic E-state index is -4.67. The molecule has 0 aromatic heterocycles. The van der Waals surface area contributed by atoms with Crippen molar-refractivity contribution in [2.45, 2.75) is 11.1 Å². The van der Waals surface area contributed by atoms with Gasteiger partial charge in [0.1, 0.15) is 5.71 Å². The third kappa shape index (κ3) is 6.93. The van der Waals surface area contributed by atoms with E-state index < -0.39 is 28.5 Å². The Hall–Kier alpha value is -3.63. The lowest BCUT2D eigenvalue weighted by atomic mass is 10.1. The Morgan fingerprint density at radius 1 is 0.914 bits per heavy atom. The van der Waals surface area contributed by atoms with E-state index in [1.165, 1.54) is 48.5 Å². The number of halogens is 4. The molecule has 0 aliphatic rings. The van der Waals surface area contributed by atoms with Gasteiger partial charge >= 0.3 is 6.18 Å². The molecule has 182 valence electrons. The fourth-order valence-electron chi connectivity index (χ4n) is 2.98. The van der Waals surface area contributed by atoms with Crippen LogP contribution in [-0.4, -0.2) is 33.3 Å². The van der Waals surface area contributed by atoms with E-state index in [4.69, 9.17) is 11.6 Å². The average molecular weight is 522 g/mol. The molecular formula is C24H19ClF3N3O3S. The van der Waals surface area contributed by atoms with Gasteiger partial charge in [-0.15, -0.1) is 0 Å². The highest BCUT2D eigenvalue weighted by Gasteiger charge is 2.34. The van der Waals surface area contributed by atoms with E-state index in [0.29, 0.717) is 22.0 Å². The quantitative estimate of drug-likeness (QED) is 0.277. The van der Waals surface area contributed by atoms with E-state index >= 15 is 0 Å². The zero-order valence-corrected chi connectivity index (χ0v) is 19.8. The number of benzene rings is 3. The average Bonchev–Trinajstić information content (AvgIpc) is 2.82. The predicted molar refractivity (Wildman–Crippen MR) is 132 cm³/mol. The van der Waals surface area contributed by atoms with E-state index in [-0.39, 0.29) is 16.2 Å². The molecule has 0 atom stereocenters. The van der Waals surface area contributed by atoms with Crippen LogP contribution in [0.1, 0.15) is 15.9 Å². The number of anilines is 2. The van der Waals surface area contributed by atoms with Gasteiger partial charge in [0.15, 0.2) is 10.7 Å². The minimum absolute atomic E-state index is 0.0743. The second kappa shape index (κ2) is 11.2. The SMILES string of the molecule is C/N=C(\C=C(/Nc1ccccc1Cl)c1ccc(C(=O)Nc2ccc([SH](=O)=O)cc2)cc1)C(F)(F)F. The number of rotatable bonds is 7. The first-order valence-corrected chi connectivity index (χ1v) is 11.6. The number of carbonyl (C=O) groups excluding carboxylic acids is 1. The second-order valence-electron chi connectivity index (χ2n) is 7.10. The molecule has 0 spiro atoms. The monoisotopic (exact) mass is 521 g/mol. The van der Waals surface area contributed by atoms with Crippen LogP contribution in [-0.2, 0) is 10.7 Å². The van der Waals surface area contributed by atoms with Crippen LogP contribution in [0.15, 0.2) is 88.8 Å². The lowest BCUT2D eigenvalue weighted by molar-refractivity contribution is -0.0577. The van der Waals surface area contributed by atoms with Gasteiger partial charge in [-0.3, -0.25) is 9.79 Å². The number of nitrogens with zero attached hydrogens (tertiary/aromatic N) is 1. The van der Waals surface area contributed by atoms with Crippen LogP contribution in [0.4, 0.5) is 24.5 Å². The number of carbonyl (C=O) groups is 1. The molecule has 0 aliphatic heterocycles. The molecule has 3 rings (SSSR count). The highest BCUT2D eigenvalue weighted by molar-refractivity contribution is 7.72. The van der Waals surface area contributed by atoms with Crippen LogP contribution in [0, 0.1) is 0 Å². The molecule has 3 aromatic carbocycles. The molecule has 6 nitrogen and oxygen atoms in total. The second-order valence-corrected chi connectivity index (χ2v) is 8.54. The van der Waals surface area contributed by atoms with Crippen molar-refractivity contribution in [3.05, 3.63) is 95.0 Å². The van der Waals surface area contributed by atoms with E-state index in [2.05, 4.69) is 15.6 Å². The summed E-state index contributed by atoms with van der Waals surface area (Å²) in [4.78, 5) is 16.0. The maximum atomic E-state index is 13.3.